The molecule has 0 N–H and O–H groups in total. The molecule has 4 aromatic rings. The summed E-state index contributed by atoms with van der Waals surface area (Å²) < 4.78 is 20.8. The van der Waals surface area contributed by atoms with Crippen LogP contribution < -0.4 is 16.3 Å². The Morgan fingerprint density at radius 1 is 0.829 bits per heavy atom. The Balaban J connectivity index is 1.66. The maximum absolute atomic E-state index is 13.8. The fraction of sp³-hybridized carbons (Fsp3) is 0.192. The lowest BCUT2D eigenvalue weighted by Gasteiger charge is -2.34. The smallest absolute Gasteiger partial charge is 0.314 e. The number of amides is 2. The summed E-state index contributed by atoms with van der Waals surface area (Å²) in [4.78, 5) is 43.1. The van der Waals surface area contributed by atoms with Crippen LogP contribution in [-0.4, -0.2) is 25.8 Å². The molecule has 5 rings (SSSR count). The molecule has 1 aliphatic rings. The molecule has 3 aromatic carbocycles. The predicted octanol–water partition coefficient (Wildman–Crippen LogP) is 4.15. The normalized spacial score (nSPS) is 17.2. The minimum absolute atomic E-state index is 0.171. The number of carbonyl (C=O) groups excluding carboxylic acids is 1. The van der Waals surface area contributed by atoms with E-state index in [-0.39, 0.29) is 18.4 Å². The first-order chi connectivity index (χ1) is 16.8. The lowest BCUT2D eigenvalue weighted by atomic mass is 9.99. The second-order valence-electron chi connectivity index (χ2n) is 8.86. The monoisotopic (exact) mass is 474 g/mol. The van der Waals surface area contributed by atoms with Crippen molar-refractivity contribution in [2.45, 2.75) is 32.1 Å². The fourth-order valence-corrected chi connectivity index (χ4v) is 4.50. The van der Waals surface area contributed by atoms with Crippen molar-refractivity contribution < 1.29 is 13.7 Å². The van der Waals surface area contributed by atoms with E-state index in [1.54, 1.807) is 85.5 Å². The van der Waals surface area contributed by atoms with E-state index in [1.165, 1.54) is 17.0 Å². The van der Waals surface area contributed by atoms with E-state index in [2.05, 4.69) is 0 Å². The van der Waals surface area contributed by atoms with Crippen molar-refractivity contribution in [3.8, 4) is 5.69 Å². The molecule has 8 nitrogen and oxygen atoms in total. The van der Waals surface area contributed by atoms with Gasteiger partial charge in [-0.3, -0.25) is 4.90 Å². The van der Waals surface area contributed by atoms with Gasteiger partial charge in [0.2, 0.25) is 0 Å². The van der Waals surface area contributed by atoms with Crippen LogP contribution in [0.3, 0.4) is 0 Å². The molecule has 2 heterocycles. The van der Waals surface area contributed by atoms with Crippen molar-refractivity contribution in [1.29, 1.82) is 0 Å². The molecule has 1 unspecified atom stereocenters. The van der Waals surface area contributed by atoms with Gasteiger partial charge >= 0.3 is 17.5 Å². The SMILES string of the molecule is CC1(C)C(n2oc(=O)n(-c3ccccc3)c2=O)N(c2ccccc2)C(=O)N1Cc1ccc(F)cc1. The average Bonchev–Trinajstić information content (AvgIpc) is 3.25. The number of hydrogen-bond acceptors (Lipinski definition) is 4. The Morgan fingerprint density at radius 3 is 2.00 bits per heavy atom. The topological polar surface area (TPSA) is 80.7 Å². The van der Waals surface area contributed by atoms with Crippen LogP contribution >= 0.6 is 0 Å². The molecule has 1 fully saturated rings. The van der Waals surface area contributed by atoms with Gasteiger partial charge in [0, 0.05) is 12.2 Å². The standard InChI is InChI=1S/C26H23FN4O4/c1-26(2)22(31-24(33)30(25(34)35-31)21-11-7-4-8-12-21)29(20-9-5-3-6-10-20)23(32)28(26)17-18-13-15-19(27)16-14-18/h3-16,22H,17H2,1-2H3. The minimum atomic E-state index is -0.996. The highest BCUT2D eigenvalue weighted by Crippen LogP contribution is 2.42. The van der Waals surface area contributed by atoms with Crippen molar-refractivity contribution in [3.05, 3.63) is 117 Å². The predicted molar refractivity (Wildman–Crippen MR) is 128 cm³/mol. The number of anilines is 1. The molecule has 178 valence electrons. The Kier molecular flexibility index (Phi) is 5.39. The third-order valence-corrected chi connectivity index (χ3v) is 6.27. The Bertz CT molecular complexity index is 1470. The molecule has 1 saturated heterocycles. The van der Waals surface area contributed by atoms with Crippen LogP contribution in [0.25, 0.3) is 5.69 Å². The summed E-state index contributed by atoms with van der Waals surface area (Å²) >= 11 is 0. The average molecular weight is 474 g/mol. The zero-order valence-electron chi connectivity index (χ0n) is 19.2. The first kappa shape index (κ1) is 22.4. The molecule has 0 radical (unpaired) electrons. The summed E-state index contributed by atoms with van der Waals surface area (Å²) in [6, 6.07) is 22.8. The summed E-state index contributed by atoms with van der Waals surface area (Å²) in [6.07, 6.45) is -0.969. The van der Waals surface area contributed by atoms with Crippen molar-refractivity contribution >= 4 is 11.7 Å². The van der Waals surface area contributed by atoms with Crippen molar-refractivity contribution in [1.82, 2.24) is 14.2 Å². The number of aromatic nitrogens is 2. The molecule has 2 amide bonds. The van der Waals surface area contributed by atoms with Gasteiger partial charge in [0.05, 0.1) is 11.2 Å². The van der Waals surface area contributed by atoms with Gasteiger partial charge in [-0.15, -0.1) is 4.74 Å². The molecule has 0 aliphatic carbocycles. The van der Waals surface area contributed by atoms with Crippen molar-refractivity contribution in [2.24, 2.45) is 0 Å². The van der Waals surface area contributed by atoms with Gasteiger partial charge in [-0.05, 0) is 55.8 Å². The maximum atomic E-state index is 13.8. The summed E-state index contributed by atoms with van der Waals surface area (Å²) in [6.45, 7) is 3.77. The third kappa shape index (κ3) is 3.74. The zero-order chi connectivity index (χ0) is 24.7. The van der Waals surface area contributed by atoms with Gasteiger partial charge in [0.1, 0.15) is 5.82 Å². The van der Waals surface area contributed by atoms with E-state index in [0.29, 0.717) is 11.4 Å². The molecule has 1 atom stereocenters. The summed E-state index contributed by atoms with van der Waals surface area (Å²) in [7, 11) is 0. The fourth-order valence-electron chi connectivity index (χ4n) is 4.50. The number of urea groups is 1. The summed E-state index contributed by atoms with van der Waals surface area (Å²) in [5, 5.41) is 0. The van der Waals surface area contributed by atoms with Gasteiger partial charge in [-0.1, -0.05) is 48.5 Å². The van der Waals surface area contributed by atoms with Crippen molar-refractivity contribution in [2.75, 3.05) is 4.90 Å². The quantitative estimate of drug-likeness (QED) is 0.435. The molecule has 0 saturated carbocycles. The number of para-hydroxylation sites is 2. The number of benzene rings is 3. The van der Waals surface area contributed by atoms with Crippen molar-refractivity contribution in [3.63, 3.8) is 0 Å². The van der Waals surface area contributed by atoms with Crippen LogP contribution in [0.15, 0.2) is 99.0 Å². The number of halogens is 1. The second kappa shape index (κ2) is 8.43. The summed E-state index contributed by atoms with van der Waals surface area (Å²) in [5.74, 6) is -1.23. The van der Waals surface area contributed by atoms with E-state index in [4.69, 9.17) is 4.52 Å². The van der Waals surface area contributed by atoms with Crippen LogP contribution in [0.1, 0.15) is 25.6 Å². The zero-order valence-corrected chi connectivity index (χ0v) is 19.2. The van der Waals surface area contributed by atoms with Crippen LogP contribution in [0.4, 0.5) is 14.9 Å². The van der Waals surface area contributed by atoms with Gasteiger partial charge in [-0.25, -0.2) is 18.8 Å². The molecule has 1 aromatic heterocycles. The highest BCUT2D eigenvalue weighted by atomic mass is 19.1. The van der Waals surface area contributed by atoms with E-state index < -0.39 is 23.2 Å². The Morgan fingerprint density at radius 2 is 1.40 bits per heavy atom. The Labute approximate surface area is 200 Å². The van der Waals surface area contributed by atoms with Crippen LogP contribution in [0, 0.1) is 5.82 Å². The van der Waals surface area contributed by atoms with E-state index in [1.807, 2.05) is 6.07 Å². The number of carbonyl (C=O) groups is 1. The lowest BCUT2D eigenvalue weighted by Crippen LogP contribution is -2.46. The van der Waals surface area contributed by atoms with E-state index >= 15 is 0 Å². The highest BCUT2D eigenvalue weighted by molar-refractivity contribution is 5.95. The Hall–Kier alpha value is -4.40. The second-order valence-corrected chi connectivity index (χ2v) is 8.86. The number of nitrogens with zero attached hydrogens (tertiary/aromatic N) is 4. The van der Waals surface area contributed by atoms with E-state index in [9.17, 15) is 18.8 Å². The number of hydrogen-bond donors (Lipinski definition) is 0. The molecule has 35 heavy (non-hydrogen) atoms. The first-order valence-electron chi connectivity index (χ1n) is 11.1. The molecule has 0 spiro atoms. The number of rotatable bonds is 5. The largest absolute Gasteiger partial charge is 0.447 e. The molecule has 9 heteroatoms. The summed E-state index contributed by atoms with van der Waals surface area (Å²) in [5.41, 5.74) is -0.0706. The minimum Gasteiger partial charge on any atom is -0.314 e. The van der Waals surface area contributed by atoms with Crippen LogP contribution in [0.2, 0.25) is 0 Å². The van der Waals surface area contributed by atoms with Gasteiger partial charge in [0.25, 0.3) is 0 Å². The lowest BCUT2D eigenvalue weighted by molar-refractivity contribution is 0.0931. The molecule has 1 aliphatic heterocycles. The van der Waals surface area contributed by atoms with Gasteiger partial charge < -0.3 is 9.42 Å². The highest BCUT2D eigenvalue weighted by Gasteiger charge is 2.55. The van der Waals surface area contributed by atoms with Crippen LogP contribution in [-0.2, 0) is 6.54 Å². The maximum Gasteiger partial charge on any atom is 0.447 e. The molecular weight excluding hydrogens is 451 g/mol. The van der Waals surface area contributed by atoms with Crippen LogP contribution in [0.5, 0.6) is 0 Å². The first-order valence-corrected chi connectivity index (χ1v) is 11.1. The molecule has 0 bridgehead atoms. The van der Waals surface area contributed by atoms with E-state index in [0.717, 1.165) is 14.9 Å². The van der Waals surface area contributed by atoms with Gasteiger partial charge in [0.15, 0.2) is 6.17 Å². The van der Waals surface area contributed by atoms with Gasteiger partial charge in [-0.2, -0.15) is 4.57 Å². The third-order valence-electron chi connectivity index (χ3n) is 6.27. The molecular formula is C26H23FN4O4.